The second-order valence-electron chi connectivity index (χ2n) is 7.80. The van der Waals surface area contributed by atoms with E-state index in [9.17, 15) is 0 Å². The van der Waals surface area contributed by atoms with Crippen molar-refractivity contribution in [1.82, 2.24) is 0 Å². The van der Waals surface area contributed by atoms with Gasteiger partial charge in [0.1, 0.15) is 0 Å². The second kappa shape index (κ2) is 6.44. The molecule has 0 amide bonds. The van der Waals surface area contributed by atoms with Crippen LogP contribution in [0.15, 0.2) is 42.0 Å². The van der Waals surface area contributed by atoms with Crippen molar-refractivity contribution in [3.8, 4) is 0 Å². The molecule has 0 N–H and O–H groups in total. The average Bonchev–Trinajstić information content (AvgIpc) is 3.22. The molecular weight excluding hydrogens is 264 g/mol. The van der Waals surface area contributed by atoms with Crippen LogP contribution < -0.4 is 0 Å². The second-order valence-corrected chi connectivity index (χ2v) is 7.80. The van der Waals surface area contributed by atoms with Crippen LogP contribution in [0.1, 0.15) is 58.1 Å². The summed E-state index contributed by atoms with van der Waals surface area (Å²) in [5, 5.41) is 0. The third kappa shape index (κ3) is 3.07. The zero-order chi connectivity index (χ0) is 15.7. The molecule has 3 aliphatic carbocycles. The molecule has 118 valence electrons. The lowest BCUT2D eigenvalue weighted by Crippen LogP contribution is -1.99. The number of hydrogen-bond donors (Lipinski definition) is 0. The van der Waals surface area contributed by atoms with E-state index in [0.717, 1.165) is 11.8 Å². The van der Waals surface area contributed by atoms with Crippen LogP contribution in [0.3, 0.4) is 0 Å². The third-order valence-electron chi connectivity index (χ3n) is 5.48. The molecule has 0 spiro atoms. The standard InChI is InChI=1S/C15H20.C7H10/c1-10(2)14-9-12-7-5-6-8-13(12)15(14)11(3)4;1-2-7-4-3-6(1)5-7/h5-8,10-11H,9H2,1-4H3;1-2,6-7H,3-5H2. The van der Waals surface area contributed by atoms with Crippen LogP contribution in [0, 0.1) is 23.7 Å². The number of hydrogen-bond acceptors (Lipinski definition) is 0. The zero-order valence-electron chi connectivity index (χ0n) is 14.6. The highest BCUT2D eigenvalue weighted by molar-refractivity contribution is 5.77. The third-order valence-corrected chi connectivity index (χ3v) is 5.48. The number of fused-ring (bicyclic) bond motifs is 3. The molecule has 0 nitrogen and oxygen atoms in total. The fourth-order valence-corrected chi connectivity index (χ4v) is 4.32. The van der Waals surface area contributed by atoms with Crippen molar-refractivity contribution in [3.63, 3.8) is 0 Å². The van der Waals surface area contributed by atoms with Crippen molar-refractivity contribution in [1.29, 1.82) is 0 Å². The van der Waals surface area contributed by atoms with Crippen molar-refractivity contribution < 1.29 is 0 Å². The van der Waals surface area contributed by atoms with Gasteiger partial charge in [-0.15, -0.1) is 0 Å². The van der Waals surface area contributed by atoms with Gasteiger partial charge in [0.2, 0.25) is 0 Å². The Morgan fingerprint density at radius 3 is 1.95 bits per heavy atom. The van der Waals surface area contributed by atoms with Crippen molar-refractivity contribution in [2.45, 2.75) is 53.4 Å². The van der Waals surface area contributed by atoms with Crippen LogP contribution >= 0.6 is 0 Å². The minimum Gasteiger partial charge on any atom is -0.0851 e. The van der Waals surface area contributed by atoms with Gasteiger partial charge in [-0.3, -0.25) is 0 Å². The van der Waals surface area contributed by atoms with E-state index in [1.54, 1.807) is 11.1 Å². The lowest BCUT2D eigenvalue weighted by atomic mass is 9.91. The first kappa shape index (κ1) is 15.6. The SMILES string of the molecule is C1=CC2CCC1C2.CC(C)C1=C(C(C)C)c2ccccc2C1. The lowest BCUT2D eigenvalue weighted by molar-refractivity contribution is 0.691. The zero-order valence-corrected chi connectivity index (χ0v) is 14.6. The Hall–Kier alpha value is -1.30. The summed E-state index contributed by atoms with van der Waals surface area (Å²) < 4.78 is 0. The Labute approximate surface area is 136 Å². The van der Waals surface area contributed by atoms with Crippen molar-refractivity contribution in [2.75, 3.05) is 0 Å². The topological polar surface area (TPSA) is 0 Å². The van der Waals surface area contributed by atoms with Gasteiger partial charge in [0.25, 0.3) is 0 Å². The Bertz CT molecular complexity index is 574. The van der Waals surface area contributed by atoms with Gasteiger partial charge in [0, 0.05) is 0 Å². The fraction of sp³-hybridized carbons (Fsp3) is 0.545. The first-order chi connectivity index (χ1) is 10.6. The van der Waals surface area contributed by atoms with Gasteiger partial charge in [-0.1, -0.05) is 69.7 Å². The first-order valence-electron chi connectivity index (χ1n) is 9.05. The highest BCUT2D eigenvalue weighted by Crippen LogP contribution is 2.40. The van der Waals surface area contributed by atoms with E-state index in [4.69, 9.17) is 0 Å². The molecule has 1 saturated carbocycles. The van der Waals surface area contributed by atoms with Crippen LogP contribution in [0.4, 0.5) is 0 Å². The van der Waals surface area contributed by atoms with Crippen LogP contribution in [-0.4, -0.2) is 0 Å². The van der Waals surface area contributed by atoms with Crippen LogP contribution in [-0.2, 0) is 6.42 Å². The van der Waals surface area contributed by atoms with Crippen molar-refractivity contribution >= 4 is 5.57 Å². The monoisotopic (exact) mass is 294 g/mol. The number of allylic oxidation sites excluding steroid dienone is 4. The summed E-state index contributed by atoms with van der Waals surface area (Å²) in [5.41, 5.74) is 6.26. The summed E-state index contributed by atoms with van der Waals surface area (Å²) in [4.78, 5) is 0. The predicted octanol–water partition coefficient (Wildman–Crippen LogP) is 6.28. The van der Waals surface area contributed by atoms with E-state index >= 15 is 0 Å². The molecule has 0 radical (unpaired) electrons. The highest BCUT2D eigenvalue weighted by atomic mass is 14.3. The maximum absolute atomic E-state index is 2.38. The molecule has 1 fully saturated rings. The molecule has 1 aromatic carbocycles. The van der Waals surface area contributed by atoms with Gasteiger partial charge >= 0.3 is 0 Å². The summed E-state index contributed by atoms with van der Waals surface area (Å²) in [6, 6.07) is 8.86. The average molecular weight is 294 g/mol. The number of rotatable bonds is 2. The Balaban J connectivity index is 0.000000169. The van der Waals surface area contributed by atoms with Crippen LogP contribution in [0.5, 0.6) is 0 Å². The molecule has 22 heavy (non-hydrogen) atoms. The number of benzene rings is 1. The Morgan fingerprint density at radius 1 is 0.864 bits per heavy atom. The first-order valence-corrected chi connectivity index (χ1v) is 9.05. The molecule has 0 aliphatic heterocycles. The lowest BCUT2D eigenvalue weighted by Gasteiger charge is -2.14. The fourth-order valence-electron chi connectivity index (χ4n) is 4.32. The molecule has 0 heterocycles. The molecular formula is C22H30. The predicted molar refractivity (Wildman–Crippen MR) is 96.7 cm³/mol. The van der Waals surface area contributed by atoms with Gasteiger partial charge < -0.3 is 0 Å². The minimum atomic E-state index is 0.644. The van der Waals surface area contributed by atoms with Gasteiger partial charge in [0.05, 0.1) is 0 Å². The molecule has 2 unspecified atom stereocenters. The van der Waals surface area contributed by atoms with E-state index < -0.39 is 0 Å². The smallest absolute Gasteiger partial charge is 0.00523 e. The molecule has 2 bridgehead atoms. The summed E-state index contributed by atoms with van der Waals surface area (Å²) >= 11 is 0. The van der Waals surface area contributed by atoms with E-state index in [0.29, 0.717) is 11.8 Å². The summed E-state index contributed by atoms with van der Waals surface area (Å²) in [5.74, 6) is 3.30. The molecule has 0 saturated heterocycles. The van der Waals surface area contributed by atoms with Gasteiger partial charge in [-0.25, -0.2) is 0 Å². The normalized spacial score (nSPS) is 25.0. The van der Waals surface area contributed by atoms with Crippen molar-refractivity contribution in [3.05, 3.63) is 53.1 Å². The molecule has 0 heteroatoms. The van der Waals surface area contributed by atoms with E-state index in [1.165, 1.54) is 36.8 Å². The molecule has 2 atom stereocenters. The quantitative estimate of drug-likeness (QED) is 0.563. The Morgan fingerprint density at radius 2 is 1.50 bits per heavy atom. The Kier molecular flexibility index (Phi) is 4.57. The van der Waals surface area contributed by atoms with Crippen molar-refractivity contribution in [2.24, 2.45) is 23.7 Å². The maximum Gasteiger partial charge on any atom is -0.00523 e. The minimum absolute atomic E-state index is 0.644. The van der Waals surface area contributed by atoms with E-state index in [2.05, 4.69) is 64.1 Å². The van der Waals surface area contributed by atoms with E-state index in [-0.39, 0.29) is 0 Å². The summed E-state index contributed by atoms with van der Waals surface area (Å²) in [6.07, 6.45) is 10.4. The highest BCUT2D eigenvalue weighted by Gasteiger charge is 2.25. The van der Waals surface area contributed by atoms with Crippen LogP contribution in [0.2, 0.25) is 0 Å². The van der Waals surface area contributed by atoms with Gasteiger partial charge in [0.15, 0.2) is 0 Å². The molecule has 3 aliphatic rings. The summed E-state index contributed by atoms with van der Waals surface area (Å²) in [6.45, 7) is 9.23. The maximum atomic E-state index is 2.38. The van der Waals surface area contributed by atoms with E-state index in [1.807, 2.05) is 0 Å². The largest absolute Gasteiger partial charge is 0.0851 e. The van der Waals surface area contributed by atoms with Crippen LogP contribution in [0.25, 0.3) is 5.57 Å². The molecule has 1 aromatic rings. The van der Waals surface area contributed by atoms with Gasteiger partial charge in [-0.05, 0) is 66.1 Å². The molecule has 4 rings (SSSR count). The summed E-state index contributed by atoms with van der Waals surface area (Å²) in [7, 11) is 0. The van der Waals surface area contributed by atoms with Gasteiger partial charge in [-0.2, -0.15) is 0 Å². The molecule has 0 aromatic heterocycles.